The van der Waals surface area contributed by atoms with Crippen molar-refractivity contribution in [3.8, 4) is 0 Å². The van der Waals surface area contributed by atoms with Crippen LogP contribution in [0, 0.1) is 16.0 Å². The molecule has 0 spiro atoms. The second kappa shape index (κ2) is 8.04. The van der Waals surface area contributed by atoms with Gasteiger partial charge in [0.05, 0.1) is 9.82 Å². The maximum Gasteiger partial charge on any atom is 0.410 e. The molecule has 1 aliphatic heterocycles. The van der Waals surface area contributed by atoms with Gasteiger partial charge in [-0.2, -0.15) is 4.31 Å². The van der Waals surface area contributed by atoms with E-state index in [1.807, 2.05) is 13.8 Å². The Morgan fingerprint density at radius 2 is 1.79 bits per heavy atom. The Balaban J connectivity index is 2.25. The van der Waals surface area contributed by atoms with Crippen LogP contribution in [0.25, 0.3) is 0 Å². The minimum atomic E-state index is -3.85. The van der Waals surface area contributed by atoms with E-state index in [0.29, 0.717) is 0 Å². The predicted molar refractivity (Wildman–Crippen MR) is 103 cm³/mol. The summed E-state index contributed by atoms with van der Waals surface area (Å²) >= 11 is 0. The first-order valence-corrected chi connectivity index (χ1v) is 10.5. The molecular formula is C18H27N3O6S. The number of sulfonamides is 1. The summed E-state index contributed by atoms with van der Waals surface area (Å²) in [5.41, 5.74) is -0.805. The maximum atomic E-state index is 13.1. The van der Waals surface area contributed by atoms with Crippen LogP contribution in [-0.4, -0.2) is 59.9 Å². The largest absolute Gasteiger partial charge is 0.444 e. The number of non-ortho nitro benzene ring substituents is 1. The van der Waals surface area contributed by atoms with Gasteiger partial charge in [-0.15, -0.1) is 0 Å². The molecule has 0 unspecified atom stereocenters. The Labute approximate surface area is 165 Å². The lowest BCUT2D eigenvalue weighted by atomic mass is 10.0. The first-order chi connectivity index (χ1) is 12.8. The molecule has 1 amide bonds. The summed E-state index contributed by atoms with van der Waals surface area (Å²) in [5.74, 6) is -0.0435. The Bertz CT molecular complexity index is 830. The molecular weight excluding hydrogens is 386 g/mol. The van der Waals surface area contributed by atoms with E-state index in [2.05, 4.69) is 0 Å². The summed E-state index contributed by atoms with van der Waals surface area (Å²) in [5, 5.41) is 10.8. The van der Waals surface area contributed by atoms with E-state index in [4.69, 9.17) is 4.74 Å². The summed E-state index contributed by atoms with van der Waals surface area (Å²) in [6.07, 6.45) is -0.467. The van der Waals surface area contributed by atoms with Crippen molar-refractivity contribution in [1.82, 2.24) is 9.21 Å². The molecule has 1 saturated heterocycles. The zero-order valence-corrected chi connectivity index (χ0v) is 17.6. The van der Waals surface area contributed by atoms with Crippen LogP contribution < -0.4 is 0 Å². The Kier molecular flexibility index (Phi) is 6.34. The van der Waals surface area contributed by atoms with Crippen LogP contribution in [0.4, 0.5) is 10.5 Å². The maximum absolute atomic E-state index is 13.1. The van der Waals surface area contributed by atoms with Gasteiger partial charge < -0.3 is 9.64 Å². The number of benzene rings is 1. The average Bonchev–Trinajstić information content (AvgIpc) is 2.59. The number of carbonyl (C=O) groups is 1. The van der Waals surface area contributed by atoms with Crippen LogP contribution in [0.5, 0.6) is 0 Å². The molecule has 0 bridgehead atoms. The molecule has 28 heavy (non-hydrogen) atoms. The SMILES string of the molecule is CC(C)[C@@H]1CN(C(=O)OC(C)(C)C)CCN1S(=O)(=O)c1ccc([N+](=O)[O-])cc1. The smallest absolute Gasteiger partial charge is 0.410 e. The minimum Gasteiger partial charge on any atom is -0.444 e. The van der Waals surface area contributed by atoms with E-state index in [-0.39, 0.29) is 36.1 Å². The molecule has 1 heterocycles. The van der Waals surface area contributed by atoms with Crippen molar-refractivity contribution in [1.29, 1.82) is 0 Å². The van der Waals surface area contributed by atoms with Crippen LogP contribution in [0.15, 0.2) is 29.2 Å². The summed E-state index contributed by atoms with van der Waals surface area (Å²) in [6, 6.07) is 4.40. The van der Waals surface area contributed by atoms with Crippen molar-refractivity contribution in [2.75, 3.05) is 19.6 Å². The molecule has 0 saturated carbocycles. The van der Waals surface area contributed by atoms with Crippen molar-refractivity contribution in [3.05, 3.63) is 34.4 Å². The minimum absolute atomic E-state index is 0.00512. The molecule has 0 aromatic heterocycles. The van der Waals surface area contributed by atoms with Gasteiger partial charge in [0.25, 0.3) is 5.69 Å². The lowest BCUT2D eigenvalue weighted by Gasteiger charge is -2.42. The molecule has 2 rings (SSSR count). The Hall–Kier alpha value is -2.20. The van der Waals surface area contributed by atoms with Gasteiger partial charge in [0.15, 0.2) is 0 Å². The number of hydrogen-bond donors (Lipinski definition) is 0. The highest BCUT2D eigenvalue weighted by Crippen LogP contribution is 2.27. The molecule has 10 heteroatoms. The number of hydrogen-bond acceptors (Lipinski definition) is 6. The lowest BCUT2D eigenvalue weighted by Crippen LogP contribution is -2.58. The molecule has 1 atom stereocenters. The standard InChI is InChI=1S/C18H27N3O6S/c1-13(2)16-12-19(17(22)27-18(3,4)5)10-11-20(16)28(25,26)15-8-6-14(7-9-15)21(23)24/h6-9,13,16H,10-12H2,1-5H3/t16-/m0/s1. The van der Waals surface area contributed by atoms with Gasteiger partial charge in [-0.3, -0.25) is 10.1 Å². The number of ether oxygens (including phenoxy) is 1. The number of nitro benzene ring substituents is 1. The zero-order valence-electron chi connectivity index (χ0n) is 16.8. The summed E-state index contributed by atoms with van der Waals surface area (Å²) in [4.78, 5) is 24.1. The van der Waals surface area contributed by atoms with E-state index in [1.54, 1.807) is 20.8 Å². The van der Waals surface area contributed by atoms with Crippen molar-refractivity contribution in [2.24, 2.45) is 5.92 Å². The van der Waals surface area contributed by atoms with Gasteiger partial charge in [0, 0.05) is 37.8 Å². The fourth-order valence-electron chi connectivity index (χ4n) is 3.00. The second-order valence-corrected chi connectivity index (χ2v) is 10.00. The topological polar surface area (TPSA) is 110 Å². The fraction of sp³-hybridized carbons (Fsp3) is 0.611. The molecule has 0 radical (unpaired) electrons. The van der Waals surface area contributed by atoms with E-state index < -0.39 is 32.7 Å². The number of rotatable bonds is 4. The molecule has 1 aliphatic rings. The second-order valence-electron chi connectivity index (χ2n) is 8.10. The number of piperazine rings is 1. The molecule has 1 aromatic rings. The highest BCUT2D eigenvalue weighted by Gasteiger charge is 2.40. The average molecular weight is 413 g/mol. The van der Waals surface area contributed by atoms with Crippen LogP contribution in [0.3, 0.4) is 0 Å². The van der Waals surface area contributed by atoms with Gasteiger partial charge in [0.2, 0.25) is 10.0 Å². The molecule has 156 valence electrons. The fourth-order valence-corrected chi connectivity index (χ4v) is 4.74. The zero-order chi connectivity index (χ0) is 21.3. The van der Waals surface area contributed by atoms with Gasteiger partial charge in [0.1, 0.15) is 5.60 Å². The Morgan fingerprint density at radius 3 is 2.25 bits per heavy atom. The normalized spacial score (nSPS) is 18.9. The first-order valence-electron chi connectivity index (χ1n) is 9.07. The van der Waals surface area contributed by atoms with Gasteiger partial charge >= 0.3 is 6.09 Å². The third-order valence-electron chi connectivity index (χ3n) is 4.44. The quantitative estimate of drug-likeness (QED) is 0.554. The number of nitrogens with zero attached hydrogens (tertiary/aromatic N) is 3. The van der Waals surface area contributed by atoms with E-state index in [9.17, 15) is 23.3 Å². The van der Waals surface area contributed by atoms with Crippen LogP contribution in [0.1, 0.15) is 34.6 Å². The lowest BCUT2D eigenvalue weighted by molar-refractivity contribution is -0.384. The Morgan fingerprint density at radius 1 is 1.21 bits per heavy atom. The highest BCUT2D eigenvalue weighted by atomic mass is 32.2. The first kappa shape index (κ1) is 22.1. The van der Waals surface area contributed by atoms with Crippen molar-refractivity contribution in [2.45, 2.75) is 51.2 Å². The van der Waals surface area contributed by atoms with E-state index >= 15 is 0 Å². The monoisotopic (exact) mass is 413 g/mol. The van der Waals surface area contributed by atoms with Crippen molar-refractivity contribution < 1.29 is 22.9 Å². The third kappa shape index (κ3) is 4.99. The van der Waals surface area contributed by atoms with E-state index in [0.717, 1.165) is 0 Å². The van der Waals surface area contributed by atoms with Gasteiger partial charge in [-0.25, -0.2) is 13.2 Å². The van der Waals surface area contributed by atoms with Crippen LogP contribution >= 0.6 is 0 Å². The molecule has 0 N–H and O–H groups in total. The molecule has 9 nitrogen and oxygen atoms in total. The third-order valence-corrected chi connectivity index (χ3v) is 6.38. The van der Waals surface area contributed by atoms with Crippen LogP contribution in [0.2, 0.25) is 0 Å². The summed E-state index contributed by atoms with van der Waals surface area (Å²) in [6.45, 7) is 9.67. The molecule has 1 fully saturated rings. The summed E-state index contributed by atoms with van der Waals surface area (Å²) in [7, 11) is -3.85. The van der Waals surface area contributed by atoms with Crippen molar-refractivity contribution in [3.63, 3.8) is 0 Å². The molecule has 0 aliphatic carbocycles. The summed E-state index contributed by atoms with van der Waals surface area (Å²) < 4.78 is 33.0. The van der Waals surface area contributed by atoms with Gasteiger partial charge in [-0.1, -0.05) is 13.8 Å². The van der Waals surface area contributed by atoms with Crippen LogP contribution in [-0.2, 0) is 14.8 Å². The van der Waals surface area contributed by atoms with E-state index in [1.165, 1.54) is 33.5 Å². The number of nitro groups is 1. The highest BCUT2D eigenvalue weighted by molar-refractivity contribution is 7.89. The molecule has 1 aromatic carbocycles. The number of amides is 1. The predicted octanol–water partition coefficient (Wildman–Crippen LogP) is 2.86. The van der Waals surface area contributed by atoms with Gasteiger partial charge in [-0.05, 0) is 38.8 Å². The van der Waals surface area contributed by atoms with Crippen molar-refractivity contribution >= 4 is 21.8 Å². The number of carbonyl (C=O) groups excluding carboxylic acids is 1.